The van der Waals surface area contributed by atoms with Crippen molar-refractivity contribution in [2.75, 3.05) is 18.0 Å². The maximum Gasteiger partial charge on any atom is 0.264 e. The Labute approximate surface area is 257 Å². The van der Waals surface area contributed by atoms with E-state index in [1.54, 1.807) is 60.7 Å². The van der Waals surface area contributed by atoms with Gasteiger partial charge in [0.1, 0.15) is 18.3 Å². The minimum absolute atomic E-state index is 0.00965. The molecule has 1 N–H and O–H groups in total. The smallest absolute Gasteiger partial charge is 0.264 e. The molecule has 0 unspecified atom stereocenters. The molecule has 3 aromatic carbocycles. The van der Waals surface area contributed by atoms with Gasteiger partial charge in [0.2, 0.25) is 11.8 Å². The number of hydrogen-bond acceptors (Lipinski definition) is 5. The second kappa shape index (κ2) is 14.3. The molecule has 224 valence electrons. The van der Waals surface area contributed by atoms with Crippen LogP contribution < -0.4 is 14.4 Å². The molecule has 8 nitrogen and oxygen atoms in total. The molecule has 0 aliphatic heterocycles. The summed E-state index contributed by atoms with van der Waals surface area (Å²) in [7, 11) is -2.79. The van der Waals surface area contributed by atoms with Crippen molar-refractivity contribution in [3.05, 3.63) is 88.4 Å². The van der Waals surface area contributed by atoms with E-state index in [0.717, 1.165) is 30.0 Å². The van der Waals surface area contributed by atoms with Gasteiger partial charge in [-0.25, -0.2) is 8.42 Å². The molecule has 0 bridgehead atoms. The van der Waals surface area contributed by atoms with Crippen LogP contribution in [-0.2, 0) is 26.2 Å². The van der Waals surface area contributed by atoms with Crippen LogP contribution in [0.4, 0.5) is 5.69 Å². The number of hydrogen-bond donors (Lipinski definition) is 1. The number of rotatable bonds is 12. The molecule has 1 saturated carbocycles. The molecule has 42 heavy (non-hydrogen) atoms. The highest BCUT2D eigenvalue weighted by Crippen LogP contribution is 2.33. The number of benzene rings is 3. The Morgan fingerprint density at radius 2 is 1.57 bits per heavy atom. The first-order chi connectivity index (χ1) is 20.2. The van der Waals surface area contributed by atoms with Crippen molar-refractivity contribution >= 4 is 50.7 Å². The van der Waals surface area contributed by atoms with Gasteiger partial charge in [-0.3, -0.25) is 13.9 Å². The van der Waals surface area contributed by atoms with Crippen molar-refractivity contribution in [2.24, 2.45) is 0 Å². The Morgan fingerprint density at radius 1 is 0.952 bits per heavy atom. The van der Waals surface area contributed by atoms with Crippen molar-refractivity contribution in [2.45, 2.75) is 62.6 Å². The molecule has 0 saturated heterocycles. The van der Waals surface area contributed by atoms with Gasteiger partial charge >= 0.3 is 0 Å². The number of nitrogens with zero attached hydrogens (tertiary/aromatic N) is 2. The zero-order valence-electron chi connectivity index (χ0n) is 23.6. The zero-order chi connectivity index (χ0) is 30.3. The van der Waals surface area contributed by atoms with Crippen LogP contribution in [0.5, 0.6) is 5.75 Å². The quantitative estimate of drug-likeness (QED) is 0.262. The second-order valence-electron chi connectivity index (χ2n) is 10.1. The van der Waals surface area contributed by atoms with E-state index in [0.29, 0.717) is 22.0 Å². The molecule has 1 aliphatic rings. The van der Waals surface area contributed by atoms with E-state index in [-0.39, 0.29) is 34.8 Å². The number of halogens is 2. The minimum Gasteiger partial charge on any atom is -0.495 e. The van der Waals surface area contributed by atoms with Crippen LogP contribution in [0, 0.1) is 0 Å². The maximum absolute atomic E-state index is 14.3. The monoisotopic (exact) mass is 631 g/mol. The van der Waals surface area contributed by atoms with Crippen LogP contribution in [0.25, 0.3) is 0 Å². The van der Waals surface area contributed by atoms with Gasteiger partial charge in [0, 0.05) is 28.2 Å². The lowest BCUT2D eigenvalue weighted by Crippen LogP contribution is -2.53. The highest BCUT2D eigenvalue weighted by Gasteiger charge is 2.36. The van der Waals surface area contributed by atoms with Gasteiger partial charge in [-0.15, -0.1) is 0 Å². The average molecular weight is 633 g/mol. The molecular formula is C31H35Cl2N3O5S. The molecule has 1 fully saturated rings. The third-order valence-corrected chi connectivity index (χ3v) is 9.92. The molecule has 3 aromatic rings. The van der Waals surface area contributed by atoms with Crippen molar-refractivity contribution < 1.29 is 22.7 Å². The Kier molecular flexibility index (Phi) is 10.8. The fraction of sp³-hybridized carbons (Fsp3) is 0.355. The van der Waals surface area contributed by atoms with Crippen molar-refractivity contribution in [1.29, 1.82) is 0 Å². The predicted octanol–water partition coefficient (Wildman–Crippen LogP) is 6.06. The van der Waals surface area contributed by atoms with E-state index < -0.39 is 28.5 Å². The number of methoxy groups -OCH3 is 1. The molecule has 1 atom stereocenters. The third-order valence-electron chi connectivity index (χ3n) is 7.44. The second-order valence-corrected chi connectivity index (χ2v) is 12.8. The summed E-state index contributed by atoms with van der Waals surface area (Å²) < 4.78 is 34.5. The molecule has 0 radical (unpaired) electrons. The van der Waals surface area contributed by atoms with E-state index in [2.05, 4.69) is 5.32 Å². The highest BCUT2D eigenvalue weighted by molar-refractivity contribution is 7.92. The Balaban J connectivity index is 1.77. The van der Waals surface area contributed by atoms with Gasteiger partial charge in [-0.2, -0.15) is 0 Å². The van der Waals surface area contributed by atoms with Crippen LogP contribution in [0.1, 0.15) is 44.6 Å². The third kappa shape index (κ3) is 7.19. The van der Waals surface area contributed by atoms with Crippen molar-refractivity contribution in [3.63, 3.8) is 0 Å². The minimum atomic E-state index is -4.22. The largest absolute Gasteiger partial charge is 0.495 e. The Hall–Kier alpha value is -3.27. The molecule has 0 spiro atoms. The molecule has 0 heterocycles. The molecule has 1 aliphatic carbocycles. The van der Waals surface area contributed by atoms with Gasteiger partial charge < -0.3 is 15.0 Å². The van der Waals surface area contributed by atoms with Gasteiger partial charge in [0.25, 0.3) is 10.0 Å². The number of nitrogens with one attached hydrogen (secondary N) is 1. The van der Waals surface area contributed by atoms with Crippen LogP contribution in [0.2, 0.25) is 10.0 Å². The fourth-order valence-electron chi connectivity index (χ4n) is 5.21. The van der Waals surface area contributed by atoms with Gasteiger partial charge in [0.15, 0.2) is 0 Å². The van der Waals surface area contributed by atoms with E-state index in [9.17, 15) is 18.0 Å². The maximum atomic E-state index is 14.3. The summed E-state index contributed by atoms with van der Waals surface area (Å²) in [6.07, 6.45) is 4.12. The molecule has 0 aromatic heterocycles. The van der Waals surface area contributed by atoms with E-state index >= 15 is 0 Å². The topological polar surface area (TPSA) is 96.0 Å². The van der Waals surface area contributed by atoms with Gasteiger partial charge in [-0.1, -0.05) is 79.4 Å². The lowest BCUT2D eigenvalue weighted by molar-refractivity contribution is -0.140. The van der Waals surface area contributed by atoms with E-state index in [1.165, 1.54) is 24.1 Å². The SMILES string of the molecule is CC[C@@H](C(=O)NC1CCCC1)N(Cc1c(Cl)cccc1Cl)C(=O)CN(c1ccccc1OC)S(=O)(=O)c1ccccc1. The average Bonchev–Trinajstić information content (AvgIpc) is 3.50. The van der Waals surface area contributed by atoms with Crippen LogP contribution in [0.15, 0.2) is 77.7 Å². The lowest BCUT2D eigenvalue weighted by Gasteiger charge is -2.34. The molecule has 4 rings (SSSR count). The number of carbonyl (C=O) groups excluding carboxylic acids is 2. The highest BCUT2D eigenvalue weighted by atomic mass is 35.5. The van der Waals surface area contributed by atoms with Crippen molar-refractivity contribution in [3.8, 4) is 5.75 Å². The van der Waals surface area contributed by atoms with Gasteiger partial charge in [0.05, 0.1) is 17.7 Å². The zero-order valence-corrected chi connectivity index (χ0v) is 26.0. The molecule has 2 amide bonds. The fourth-order valence-corrected chi connectivity index (χ4v) is 7.17. The molecular weight excluding hydrogens is 597 g/mol. The number of carbonyl (C=O) groups is 2. The predicted molar refractivity (Wildman–Crippen MR) is 165 cm³/mol. The summed E-state index contributed by atoms with van der Waals surface area (Å²) in [6.45, 7) is 1.14. The summed E-state index contributed by atoms with van der Waals surface area (Å²) in [5, 5.41) is 3.76. The first-order valence-corrected chi connectivity index (χ1v) is 16.1. The summed E-state index contributed by atoms with van der Waals surface area (Å²) in [4.78, 5) is 29.3. The number of anilines is 1. The summed E-state index contributed by atoms with van der Waals surface area (Å²) in [5.74, 6) is -0.614. The number of amides is 2. The lowest BCUT2D eigenvalue weighted by atomic mass is 10.1. The molecule has 11 heteroatoms. The van der Waals surface area contributed by atoms with E-state index in [1.807, 2.05) is 6.92 Å². The number of para-hydroxylation sites is 2. The standard InChI is InChI=1S/C31H35Cl2N3O5S/c1-3-27(31(38)34-22-12-7-8-13-22)35(20-24-25(32)16-11-17-26(24)33)30(37)21-36(28-18-9-10-19-29(28)41-2)42(39,40)23-14-5-4-6-15-23/h4-6,9-11,14-19,22,27H,3,7-8,12-13,20-21H2,1-2H3,(H,34,38)/t27-/m0/s1. The van der Waals surface area contributed by atoms with Crippen LogP contribution >= 0.6 is 23.2 Å². The van der Waals surface area contributed by atoms with Crippen LogP contribution in [0.3, 0.4) is 0 Å². The van der Waals surface area contributed by atoms with Gasteiger partial charge in [-0.05, 0) is 55.7 Å². The van der Waals surface area contributed by atoms with Crippen molar-refractivity contribution in [1.82, 2.24) is 10.2 Å². The summed E-state index contributed by atoms with van der Waals surface area (Å²) in [5.41, 5.74) is 0.660. The first-order valence-electron chi connectivity index (χ1n) is 13.9. The number of sulfonamides is 1. The first kappa shape index (κ1) is 31.7. The van der Waals surface area contributed by atoms with E-state index in [4.69, 9.17) is 27.9 Å². The van der Waals surface area contributed by atoms with Crippen LogP contribution in [-0.4, -0.2) is 50.9 Å². The summed E-state index contributed by atoms with van der Waals surface area (Å²) >= 11 is 13.0. The Bertz CT molecular complexity index is 1480. The number of ether oxygens (including phenoxy) is 1. The normalized spacial score (nSPS) is 14.3. The summed E-state index contributed by atoms with van der Waals surface area (Å²) in [6, 6.07) is 18.6. The Morgan fingerprint density at radius 3 is 2.19 bits per heavy atom.